The van der Waals surface area contributed by atoms with E-state index >= 15 is 0 Å². The number of ketones is 1. The number of H-pyrrole nitrogens is 1. The molecule has 0 saturated carbocycles. The third-order valence-electron chi connectivity index (χ3n) is 3.51. The Morgan fingerprint density at radius 2 is 2.36 bits per heavy atom. The summed E-state index contributed by atoms with van der Waals surface area (Å²) in [6, 6.07) is 5.54. The van der Waals surface area contributed by atoms with Gasteiger partial charge in [0, 0.05) is 18.5 Å². The Bertz CT molecular complexity index is 751. The fraction of sp³-hybridized carbons (Fsp3) is 0.400. The molecule has 0 radical (unpaired) electrons. The van der Waals surface area contributed by atoms with Gasteiger partial charge in [0.15, 0.2) is 10.9 Å². The molecule has 7 heteroatoms. The predicted molar refractivity (Wildman–Crippen MR) is 83.8 cm³/mol. The van der Waals surface area contributed by atoms with Gasteiger partial charge >= 0.3 is 5.69 Å². The molecule has 3 rings (SSSR count). The molecule has 116 valence electrons. The van der Waals surface area contributed by atoms with Crippen LogP contribution in [0.4, 0.5) is 0 Å². The Kier molecular flexibility index (Phi) is 4.33. The van der Waals surface area contributed by atoms with E-state index in [9.17, 15) is 9.59 Å². The molecule has 1 aromatic carbocycles. The van der Waals surface area contributed by atoms with E-state index in [1.165, 1.54) is 11.8 Å². The van der Waals surface area contributed by atoms with Crippen LogP contribution in [0.5, 0.6) is 5.75 Å². The first-order valence-corrected chi connectivity index (χ1v) is 8.24. The Hall–Kier alpha value is -2.02. The number of fused-ring (bicyclic) bond motifs is 1. The number of rotatable bonds is 6. The fourth-order valence-electron chi connectivity index (χ4n) is 2.41. The van der Waals surface area contributed by atoms with Gasteiger partial charge < -0.3 is 4.74 Å². The molecule has 1 N–H and O–H groups in total. The number of nitrogens with one attached hydrogen (secondary N) is 1. The monoisotopic (exact) mass is 319 g/mol. The summed E-state index contributed by atoms with van der Waals surface area (Å²) in [4.78, 5) is 23.9. The zero-order valence-corrected chi connectivity index (χ0v) is 13.1. The minimum atomic E-state index is -0.230. The van der Waals surface area contributed by atoms with Crippen molar-refractivity contribution in [2.24, 2.45) is 0 Å². The standard InChI is InChI=1S/C15H17N3O3S/c1-2-6-18-14(20)16-17-15(18)22-9-12(19)10-3-4-13-11(8-10)5-7-21-13/h3-4,8H,2,5-7,9H2,1H3,(H,16,20). The molecule has 0 bridgehead atoms. The normalized spacial score (nSPS) is 13.0. The Morgan fingerprint density at radius 1 is 1.50 bits per heavy atom. The molecule has 0 saturated heterocycles. The van der Waals surface area contributed by atoms with Crippen molar-refractivity contribution < 1.29 is 9.53 Å². The van der Waals surface area contributed by atoms with Gasteiger partial charge in [-0.25, -0.2) is 9.89 Å². The van der Waals surface area contributed by atoms with Crippen molar-refractivity contribution in [2.75, 3.05) is 12.4 Å². The highest BCUT2D eigenvalue weighted by molar-refractivity contribution is 7.99. The van der Waals surface area contributed by atoms with Crippen LogP contribution in [0.1, 0.15) is 29.3 Å². The maximum absolute atomic E-state index is 12.3. The predicted octanol–water partition coefficient (Wildman–Crippen LogP) is 1.89. The second-order valence-corrected chi connectivity index (χ2v) is 6.04. The molecule has 1 aliphatic heterocycles. The summed E-state index contributed by atoms with van der Waals surface area (Å²) >= 11 is 1.28. The second-order valence-electron chi connectivity index (χ2n) is 5.10. The van der Waals surface area contributed by atoms with Crippen molar-refractivity contribution in [3.63, 3.8) is 0 Å². The number of carbonyl (C=O) groups is 1. The van der Waals surface area contributed by atoms with Gasteiger partial charge in [-0.05, 0) is 30.2 Å². The first-order chi connectivity index (χ1) is 10.7. The van der Waals surface area contributed by atoms with Crippen molar-refractivity contribution in [1.29, 1.82) is 0 Å². The highest BCUT2D eigenvalue weighted by atomic mass is 32.2. The van der Waals surface area contributed by atoms with Crippen LogP contribution in [0, 0.1) is 0 Å². The topological polar surface area (TPSA) is 77.0 Å². The Labute approximate surface area is 131 Å². The minimum Gasteiger partial charge on any atom is -0.493 e. The number of carbonyl (C=O) groups excluding carboxylic acids is 1. The summed E-state index contributed by atoms with van der Waals surface area (Å²) in [5.41, 5.74) is 1.53. The van der Waals surface area contributed by atoms with Crippen molar-refractivity contribution >= 4 is 17.5 Å². The van der Waals surface area contributed by atoms with Gasteiger partial charge in [-0.15, -0.1) is 5.10 Å². The summed E-state index contributed by atoms with van der Waals surface area (Å²) in [6.07, 6.45) is 1.69. The molecule has 6 nitrogen and oxygen atoms in total. The van der Waals surface area contributed by atoms with E-state index < -0.39 is 0 Å². The van der Waals surface area contributed by atoms with Crippen LogP contribution in [0.2, 0.25) is 0 Å². The fourth-order valence-corrected chi connectivity index (χ4v) is 3.27. The van der Waals surface area contributed by atoms with E-state index in [4.69, 9.17) is 4.74 Å². The van der Waals surface area contributed by atoms with Crippen molar-refractivity contribution in [2.45, 2.75) is 31.5 Å². The Morgan fingerprint density at radius 3 is 3.18 bits per heavy atom. The number of aromatic amines is 1. The number of nitrogens with zero attached hydrogens (tertiary/aromatic N) is 2. The Balaban J connectivity index is 1.69. The summed E-state index contributed by atoms with van der Waals surface area (Å²) in [5, 5.41) is 6.96. The van der Waals surface area contributed by atoms with Gasteiger partial charge in [0.25, 0.3) is 0 Å². The van der Waals surface area contributed by atoms with Crippen molar-refractivity contribution in [3.8, 4) is 5.75 Å². The number of Topliss-reactive ketones (excluding diaryl/α,β-unsaturated/α-hetero) is 1. The maximum atomic E-state index is 12.3. The summed E-state index contributed by atoms with van der Waals surface area (Å²) in [6.45, 7) is 3.27. The van der Waals surface area contributed by atoms with Crippen LogP contribution in [0.3, 0.4) is 0 Å². The first-order valence-electron chi connectivity index (χ1n) is 7.26. The maximum Gasteiger partial charge on any atom is 0.343 e. The largest absolute Gasteiger partial charge is 0.493 e. The SMILES string of the molecule is CCCn1c(SCC(=O)c2ccc3c(c2)CCO3)n[nH]c1=O. The van der Waals surface area contributed by atoms with Crippen molar-refractivity contribution in [3.05, 3.63) is 39.8 Å². The third kappa shape index (κ3) is 2.94. The lowest BCUT2D eigenvalue weighted by molar-refractivity contribution is 0.102. The second kappa shape index (κ2) is 6.39. The van der Waals surface area contributed by atoms with Gasteiger partial charge in [-0.1, -0.05) is 18.7 Å². The van der Waals surface area contributed by atoms with Crippen molar-refractivity contribution in [1.82, 2.24) is 14.8 Å². The molecule has 0 atom stereocenters. The summed E-state index contributed by atoms with van der Waals surface area (Å²) in [7, 11) is 0. The number of thioether (sulfide) groups is 1. The van der Waals surface area contributed by atoms with Gasteiger partial charge in [0.2, 0.25) is 0 Å². The number of ether oxygens (including phenoxy) is 1. The quantitative estimate of drug-likeness (QED) is 0.650. The molecule has 0 amide bonds. The molecule has 0 unspecified atom stereocenters. The molecule has 1 aromatic heterocycles. The van der Waals surface area contributed by atoms with E-state index in [1.807, 2.05) is 19.1 Å². The molecule has 0 spiro atoms. The average Bonchev–Trinajstić information content (AvgIpc) is 3.12. The number of hydrogen-bond acceptors (Lipinski definition) is 5. The van der Waals surface area contributed by atoms with Crippen LogP contribution in [0.15, 0.2) is 28.2 Å². The molecule has 22 heavy (non-hydrogen) atoms. The summed E-state index contributed by atoms with van der Waals surface area (Å²) < 4.78 is 7.00. The molecule has 0 fully saturated rings. The lowest BCUT2D eigenvalue weighted by atomic mass is 10.1. The van der Waals surface area contributed by atoms with Crippen LogP contribution < -0.4 is 10.4 Å². The third-order valence-corrected chi connectivity index (χ3v) is 4.49. The van der Waals surface area contributed by atoms with Crippen LogP contribution in [0.25, 0.3) is 0 Å². The summed E-state index contributed by atoms with van der Waals surface area (Å²) in [5.74, 6) is 1.15. The zero-order valence-electron chi connectivity index (χ0n) is 12.3. The zero-order chi connectivity index (χ0) is 15.5. The molecule has 1 aliphatic rings. The number of benzene rings is 1. The number of aromatic nitrogens is 3. The number of hydrogen-bond donors (Lipinski definition) is 1. The van der Waals surface area contributed by atoms with E-state index in [-0.39, 0.29) is 17.2 Å². The highest BCUT2D eigenvalue weighted by Crippen LogP contribution is 2.26. The van der Waals surface area contributed by atoms with E-state index in [1.54, 1.807) is 10.6 Å². The molecule has 2 aromatic rings. The average molecular weight is 319 g/mol. The van der Waals surface area contributed by atoms with Gasteiger partial charge in [0.05, 0.1) is 12.4 Å². The molecular weight excluding hydrogens is 302 g/mol. The molecule has 2 heterocycles. The first kappa shape index (κ1) is 14.9. The molecule has 0 aliphatic carbocycles. The van der Waals surface area contributed by atoms with Gasteiger partial charge in [-0.3, -0.25) is 9.36 Å². The smallest absolute Gasteiger partial charge is 0.343 e. The minimum absolute atomic E-state index is 0.0261. The van der Waals surface area contributed by atoms with Gasteiger partial charge in [-0.2, -0.15) is 0 Å². The van der Waals surface area contributed by atoms with E-state index in [0.29, 0.717) is 23.9 Å². The highest BCUT2D eigenvalue weighted by Gasteiger charge is 2.16. The van der Waals surface area contributed by atoms with E-state index in [2.05, 4.69) is 10.2 Å². The van der Waals surface area contributed by atoms with Crippen LogP contribution >= 0.6 is 11.8 Å². The molecular formula is C15H17N3O3S. The lowest BCUT2D eigenvalue weighted by Gasteiger charge is -2.05. The van der Waals surface area contributed by atoms with E-state index in [0.717, 1.165) is 24.2 Å². The van der Waals surface area contributed by atoms with Crippen LogP contribution in [-0.4, -0.2) is 32.9 Å². The van der Waals surface area contributed by atoms with Gasteiger partial charge in [0.1, 0.15) is 5.75 Å². The van der Waals surface area contributed by atoms with Crippen LogP contribution in [-0.2, 0) is 13.0 Å². The lowest BCUT2D eigenvalue weighted by Crippen LogP contribution is -2.17.